The van der Waals surface area contributed by atoms with Gasteiger partial charge in [0, 0.05) is 0 Å². The lowest BCUT2D eigenvalue weighted by Crippen LogP contribution is -2.45. The molecule has 1 fully saturated rings. The van der Waals surface area contributed by atoms with E-state index in [4.69, 9.17) is 10.5 Å². The Morgan fingerprint density at radius 2 is 2.15 bits per heavy atom. The number of aromatic nitrogens is 2. The van der Waals surface area contributed by atoms with Gasteiger partial charge >= 0.3 is 0 Å². The van der Waals surface area contributed by atoms with Gasteiger partial charge in [-0.05, 0) is 38.5 Å². The summed E-state index contributed by atoms with van der Waals surface area (Å²) in [5.41, 5.74) is 6.10. The van der Waals surface area contributed by atoms with E-state index in [1.807, 2.05) is 6.92 Å². The molecule has 0 amide bonds. The summed E-state index contributed by atoms with van der Waals surface area (Å²) in [6, 6.07) is 0. The topological polar surface area (TPSA) is 93.3 Å². The summed E-state index contributed by atoms with van der Waals surface area (Å²) in [4.78, 5) is 8.21. The van der Waals surface area contributed by atoms with Gasteiger partial charge < -0.3 is 20.9 Å². The van der Waals surface area contributed by atoms with E-state index in [9.17, 15) is 5.11 Å². The number of aliphatic hydroxyl groups excluding tert-OH is 1. The van der Waals surface area contributed by atoms with Gasteiger partial charge in [0.2, 0.25) is 5.88 Å². The number of nitrogens with two attached hydrogens (primary N) is 1. The van der Waals surface area contributed by atoms with Crippen molar-refractivity contribution in [2.24, 2.45) is 5.92 Å². The van der Waals surface area contributed by atoms with Crippen LogP contribution in [0.2, 0.25) is 0 Å². The second-order valence-corrected chi connectivity index (χ2v) is 5.62. The van der Waals surface area contributed by atoms with Crippen LogP contribution in [0.3, 0.4) is 0 Å². The molecule has 1 heterocycles. The Labute approximate surface area is 119 Å². The highest BCUT2D eigenvalue weighted by Crippen LogP contribution is 2.36. The third kappa shape index (κ3) is 3.12. The lowest BCUT2D eigenvalue weighted by atomic mass is 9.77. The fraction of sp³-hybridized carbons (Fsp3) is 0.714. The first-order chi connectivity index (χ1) is 9.60. The molecule has 0 unspecified atom stereocenters. The van der Waals surface area contributed by atoms with Gasteiger partial charge in [0.05, 0.1) is 18.8 Å². The lowest BCUT2D eigenvalue weighted by Gasteiger charge is -2.39. The van der Waals surface area contributed by atoms with Crippen LogP contribution < -0.4 is 15.8 Å². The van der Waals surface area contributed by atoms with E-state index in [-0.39, 0.29) is 12.1 Å². The van der Waals surface area contributed by atoms with Crippen molar-refractivity contribution in [1.82, 2.24) is 9.97 Å². The lowest BCUT2D eigenvalue weighted by molar-refractivity contribution is 0.155. The van der Waals surface area contributed by atoms with E-state index >= 15 is 0 Å². The summed E-state index contributed by atoms with van der Waals surface area (Å²) in [6.07, 6.45) is 5.45. The maximum atomic E-state index is 9.77. The van der Waals surface area contributed by atoms with Gasteiger partial charge in [0.25, 0.3) is 0 Å². The van der Waals surface area contributed by atoms with Crippen LogP contribution in [0.1, 0.15) is 39.5 Å². The summed E-state index contributed by atoms with van der Waals surface area (Å²) in [5, 5.41) is 13.1. The van der Waals surface area contributed by atoms with Crippen molar-refractivity contribution >= 4 is 11.5 Å². The third-order valence-corrected chi connectivity index (χ3v) is 4.05. The molecular weight excluding hydrogens is 256 g/mol. The summed E-state index contributed by atoms with van der Waals surface area (Å²) in [6.45, 7) is 4.70. The Hall–Kier alpha value is -1.56. The highest BCUT2D eigenvalue weighted by Gasteiger charge is 2.34. The minimum atomic E-state index is -0.335. The van der Waals surface area contributed by atoms with Crippen molar-refractivity contribution in [3.8, 4) is 5.88 Å². The molecule has 1 aliphatic rings. The van der Waals surface area contributed by atoms with Gasteiger partial charge in [0.1, 0.15) is 12.0 Å². The average Bonchev–Trinajstić information content (AvgIpc) is 2.46. The number of hydrogen-bond acceptors (Lipinski definition) is 6. The zero-order chi connectivity index (χ0) is 14.6. The number of rotatable bonds is 5. The van der Waals surface area contributed by atoms with E-state index in [0.717, 1.165) is 25.7 Å². The van der Waals surface area contributed by atoms with Crippen molar-refractivity contribution in [2.45, 2.75) is 45.1 Å². The van der Waals surface area contributed by atoms with Crippen LogP contribution in [0.15, 0.2) is 6.33 Å². The molecular formula is C14H24N4O2. The zero-order valence-electron chi connectivity index (χ0n) is 12.2. The van der Waals surface area contributed by atoms with Gasteiger partial charge in [0.15, 0.2) is 5.82 Å². The van der Waals surface area contributed by atoms with Gasteiger partial charge in [-0.3, -0.25) is 0 Å². The number of aliphatic hydroxyl groups is 1. The second-order valence-electron chi connectivity index (χ2n) is 5.62. The molecule has 6 nitrogen and oxygen atoms in total. The number of nitrogens with zero attached hydrogens (tertiary/aromatic N) is 2. The molecule has 1 aliphatic carbocycles. The zero-order valence-corrected chi connectivity index (χ0v) is 12.2. The number of ether oxygens (including phenoxy) is 1. The van der Waals surface area contributed by atoms with Crippen LogP contribution in [0.4, 0.5) is 11.5 Å². The number of nitrogens with one attached hydrogen (secondary N) is 1. The van der Waals surface area contributed by atoms with Crippen molar-refractivity contribution in [2.75, 3.05) is 24.3 Å². The summed E-state index contributed by atoms with van der Waals surface area (Å²) in [7, 11) is 0. The van der Waals surface area contributed by atoms with Gasteiger partial charge in [-0.25, -0.2) is 4.98 Å². The molecule has 0 bridgehead atoms. The van der Waals surface area contributed by atoms with Crippen LogP contribution in [0.25, 0.3) is 0 Å². The van der Waals surface area contributed by atoms with E-state index in [1.54, 1.807) is 0 Å². The molecule has 0 aliphatic heterocycles. The molecule has 1 saturated carbocycles. The second kappa shape index (κ2) is 6.26. The van der Waals surface area contributed by atoms with Crippen molar-refractivity contribution in [3.63, 3.8) is 0 Å². The molecule has 0 atom stereocenters. The molecule has 0 aromatic carbocycles. The Kier molecular flexibility index (Phi) is 4.65. The Morgan fingerprint density at radius 1 is 1.45 bits per heavy atom. The Bertz CT molecular complexity index is 445. The molecule has 2 rings (SSSR count). The van der Waals surface area contributed by atoms with Gasteiger partial charge in [-0.1, -0.05) is 6.92 Å². The monoisotopic (exact) mass is 280 g/mol. The summed E-state index contributed by atoms with van der Waals surface area (Å²) in [5.74, 6) is 1.65. The first-order valence-corrected chi connectivity index (χ1v) is 7.22. The molecule has 6 heteroatoms. The van der Waals surface area contributed by atoms with Crippen molar-refractivity contribution in [1.29, 1.82) is 0 Å². The molecule has 0 saturated heterocycles. The largest absolute Gasteiger partial charge is 0.476 e. The molecule has 4 N–H and O–H groups in total. The number of nitrogen functional groups attached to an aromatic ring is 1. The van der Waals surface area contributed by atoms with E-state index < -0.39 is 0 Å². The predicted molar refractivity (Wildman–Crippen MR) is 78.7 cm³/mol. The maximum absolute atomic E-state index is 9.77. The van der Waals surface area contributed by atoms with E-state index in [2.05, 4.69) is 22.2 Å². The molecule has 20 heavy (non-hydrogen) atoms. The summed E-state index contributed by atoms with van der Waals surface area (Å²) < 4.78 is 5.37. The summed E-state index contributed by atoms with van der Waals surface area (Å²) >= 11 is 0. The molecule has 0 radical (unpaired) electrons. The molecule has 1 aromatic rings. The smallest absolute Gasteiger partial charge is 0.242 e. The van der Waals surface area contributed by atoms with Crippen LogP contribution in [0, 0.1) is 5.92 Å². The van der Waals surface area contributed by atoms with Crippen LogP contribution in [0.5, 0.6) is 5.88 Å². The standard InChI is InChI=1S/C14H24N4O2/c1-3-20-13-11(15)12(16-9-17-13)18-14(8-19)6-4-10(2)5-7-14/h9-10,19H,3-8,15H2,1-2H3,(H,16,17,18). The minimum Gasteiger partial charge on any atom is -0.476 e. The quantitative estimate of drug-likeness (QED) is 0.761. The highest BCUT2D eigenvalue weighted by atomic mass is 16.5. The molecule has 1 aromatic heterocycles. The van der Waals surface area contributed by atoms with Crippen molar-refractivity contribution in [3.05, 3.63) is 6.33 Å². The highest BCUT2D eigenvalue weighted by molar-refractivity contribution is 5.67. The Morgan fingerprint density at radius 3 is 2.75 bits per heavy atom. The van der Waals surface area contributed by atoms with E-state index in [1.165, 1.54) is 6.33 Å². The first-order valence-electron chi connectivity index (χ1n) is 7.22. The first kappa shape index (κ1) is 14.8. The van der Waals surface area contributed by atoms with Crippen LogP contribution in [-0.2, 0) is 0 Å². The Balaban J connectivity index is 2.17. The normalized spacial score (nSPS) is 26.2. The molecule has 0 spiro atoms. The van der Waals surface area contributed by atoms with Crippen LogP contribution >= 0.6 is 0 Å². The fourth-order valence-corrected chi connectivity index (χ4v) is 2.62. The van der Waals surface area contributed by atoms with Gasteiger partial charge in [-0.15, -0.1) is 0 Å². The minimum absolute atomic E-state index is 0.0765. The number of hydrogen-bond donors (Lipinski definition) is 3. The predicted octanol–water partition coefficient (Wildman–Crippen LogP) is 1.81. The van der Waals surface area contributed by atoms with E-state index in [0.29, 0.717) is 29.9 Å². The maximum Gasteiger partial charge on any atom is 0.242 e. The van der Waals surface area contributed by atoms with Gasteiger partial charge in [-0.2, -0.15) is 4.98 Å². The van der Waals surface area contributed by atoms with Crippen molar-refractivity contribution < 1.29 is 9.84 Å². The SMILES string of the molecule is CCOc1ncnc(NC2(CO)CCC(C)CC2)c1N. The third-order valence-electron chi connectivity index (χ3n) is 4.05. The number of anilines is 2. The fourth-order valence-electron chi connectivity index (χ4n) is 2.62. The molecule has 112 valence electrons. The van der Waals surface area contributed by atoms with Crippen LogP contribution in [-0.4, -0.2) is 33.8 Å². The average molecular weight is 280 g/mol.